The van der Waals surface area contributed by atoms with Crippen molar-refractivity contribution in [1.82, 2.24) is 10.2 Å². The Morgan fingerprint density at radius 2 is 1.85 bits per heavy atom. The van der Waals surface area contributed by atoms with Crippen LogP contribution in [0.2, 0.25) is 0 Å². The fourth-order valence-corrected chi connectivity index (χ4v) is 2.97. The van der Waals surface area contributed by atoms with E-state index in [2.05, 4.69) is 10.2 Å². The zero-order valence-corrected chi connectivity index (χ0v) is 12.6. The van der Waals surface area contributed by atoms with Crippen LogP contribution in [0.4, 0.5) is 0 Å². The summed E-state index contributed by atoms with van der Waals surface area (Å²) in [5.74, 6) is 0. The average molecular weight is 298 g/mol. The van der Waals surface area contributed by atoms with E-state index in [1.54, 1.807) is 24.3 Å². The van der Waals surface area contributed by atoms with Gasteiger partial charge in [-0.2, -0.15) is 0 Å². The number of aliphatic hydroxyl groups excluding tert-OH is 1. The number of hydrogen-bond donors (Lipinski definition) is 2. The Labute approximate surface area is 120 Å². The molecular formula is C14H22N2O3S. The van der Waals surface area contributed by atoms with Crippen LogP contribution in [-0.4, -0.2) is 57.4 Å². The highest BCUT2D eigenvalue weighted by molar-refractivity contribution is 7.90. The van der Waals surface area contributed by atoms with E-state index in [9.17, 15) is 13.5 Å². The van der Waals surface area contributed by atoms with Crippen molar-refractivity contribution < 1.29 is 13.5 Å². The highest BCUT2D eigenvalue weighted by atomic mass is 32.2. The number of benzene rings is 1. The van der Waals surface area contributed by atoms with Gasteiger partial charge in [-0.05, 0) is 24.1 Å². The van der Waals surface area contributed by atoms with Crippen molar-refractivity contribution in [3.63, 3.8) is 0 Å². The largest absolute Gasteiger partial charge is 0.388 e. The molecular weight excluding hydrogens is 276 g/mol. The standard InChI is InChI=1S/C14H22N2O3S/c1-20(18,19)13-4-2-12(3-5-13)14(17)6-9-16-10-7-15-8-11-16/h2-5,14-15,17H,6-11H2,1H3. The molecule has 1 aliphatic heterocycles. The van der Waals surface area contributed by atoms with E-state index in [4.69, 9.17) is 0 Å². The van der Waals surface area contributed by atoms with E-state index >= 15 is 0 Å². The number of nitrogens with one attached hydrogen (secondary N) is 1. The quantitative estimate of drug-likeness (QED) is 0.824. The molecule has 6 heteroatoms. The van der Waals surface area contributed by atoms with Gasteiger partial charge in [0.2, 0.25) is 0 Å². The SMILES string of the molecule is CS(=O)(=O)c1ccc(C(O)CCN2CCNCC2)cc1. The summed E-state index contributed by atoms with van der Waals surface area (Å²) in [6.45, 7) is 4.88. The monoisotopic (exact) mass is 298 g/mol. The van der Waals surface area contributed by atoms with Crippen molar-refractivity contribution in [2.45, 2.75) is 17.4 Å². The van der Waals surface area contributed by atoms with Gasteiger partial charge in [0.1, 0.15) is 0 Å². The van der Waals surface area contributed by atoms with Gasteiger partial charge in [0.15, 0.2) is 9.84 Å². The summed E-state index contributed by atoms with van der Waals surface area (Å²) in [5.41, 5.74) is 0.771. The Morgan fingerprint density at radius 1 is 1.25 bits per heavy atom. The van der Waals surface area contributed by atoms with Crippen LogP contribution in [0.25, 0.3) is 0 Å². The number of rotatable bonds is 5. The Hall–Kier alpha value is -0.950. The van der Waals surface area contributed by atoms with Crippen molar-refractivity contribution in [3.05, 3.63) is 29.8 Å². The fraction of sp³-hybridized carbons (Fsp3) is 0.571. The summed E-state index contributed by atoms with van der Waals surface area (Å²) >= 11 is 0. The van der Waals surface area contributed by atoms with E-state index in [0.29, 0.717) is 6.42 Å². The van der Waals surface area contributed by atoms with Crippen LogP contribution < -0.4 is 5.32 Å². The maximum Gasteiger partial charge on any atom is 0.175 e. The van der Waals surface area contributed by atoms with Crippen molar-refractivity contribution in [2.24, 2.45) is 0 Å². The summed E-state index contributed by atoms with van der Waals surface area (Å²) in [7, 11) is -3.17. The third kappa shape index (κ3) is 4.28. The molecule has 112 valence electrons. The molecule has 1 aliphatic rings. The van der Waals surface area contributed by atoms with Gasteiger partial charge in [-0.15, -0.1) is 0 Å². The van der Waals surface area contributed by atoms with Crippen molar-refractivity contribution in [3.8, 4) is 0 Å². The first-order chi connectivity index (χ1) is 9.47. The predicted molar refractivity (Wildman–Crippen MR) is 78.4 cm³/mol. The Balaban J connectivity index is 1.90. The molecule has 2 N–H and O–H groups in total. The number of hydrogen-bond acceptors (Lipinski definition) is 5. The lowest BCUT2D eigenvalue weighted by Gasteiger charge is -2.28. The third-order valence-electron chi connectivity index (χ3n) is 3.62. The van der Waals surface area contributed by atoms with Crippen LogP contribution >= 0.6 is 0 Å². The summed E-state index contributed by atoms with van der Waals surface area (Å²) in [6, 6.07) is 6.50. The highest BCUT2D eigenvalue weighted by Gasteiger charge is 2.14. The molecule has 0 bridgehead atoms. The summed E-state index contributed by atoms with van der Waals surface area (Å²) in [6.07, 6.45) is 1.31. The smallest absolute Gasteiger partial charge is 0.175 e. The average Bonchev–Trinajstić information content (AvgIpc) is 2.45. The summed E-state index contributed by atoms with van der Waals surface area (Å²) in [4.78, 5) is 2.61. The Bertz CT molecular complexity index is 522. The maximum atomic E-state index is 11.4. The second-order valence-corrected chi connectivity index (χ2v) is 7.25. The summed E-state index contributed by atoms with van der Waals surface area (Å²) < 4.78 is 22.7. The van der Waals surface area contributed by atoms with Crippen LogP contribution in [0.1, 0.15) is 18.1 Å². The van der Waals surface area contributed by atoms with Crippen molar-refractivity contribution in [1.29, 1.82) is 0 Å². The first-order valence-corrected chi connectivity index (χ1v) is 8.77. The lowest BCUT2D eigenvalue weighted by molar-refractivity contribution is 0.136. The van der Waals surface area contributed by atoms with Gasteiger partial charge in [-0.25, -0.2) is 8.42 Å². The molecule has 0 aromatic heterocycles. The number of nitrogens with zero attached hydrogens (tertiary/aromatic N) is 1. The van der Waals surface area contributed by atoms with Gasteiger partial charge in [-0.3, -0.25) is 0 Å². The van der Waals surface area contributed by atoms with Gasteiger partial charge >= 0.3 is 0 Å². The van der Waals surface area contributed by atoms with Gasteiger partial charge in [0, 0.05) is 39.0 Å². The lowest BCUT2D eigenvalue weighted by Crippen LogP contribution is -2.44. The molecule has 1 saturated heterocycles. The first kappa shape index (κ1) is 15.4. The van der Waals surface area contributed by atoms with Crippen LogP contribution in [-0.2, 0) is 9.84 Å². The number of piperazine rings is 1. The van der Waals surface area contributed by atoms with E-state index in [0.717, 1.165) is 38.3 Å². The van der Waals surface area contributed by atoms with Gasteiger partial charge in [0.25, 0.3) is 0 Å². The Morgan fingerprint density at radius 3 is 2.40 bits per heavy atom. The molecule has 0 saturated carbocycles. The van der Waals surface area contributed by atoms with Gasteiger partial charge in [0.05, 0.1) is 11.0 Å². The molecule has 1 aromatic carbocycles. The molecule has 2 rings (SSSR count). The molecule has 1 unspecified atom stereocenters. The maximum absolute atomic E-state index is 11.4. The molecule has 0 spiro atoms. The van der Waals surface area contributed by atoms with Crippen LogP contribution in [0.3, 0.4) is 0 Å². The molecule has 1 heterocycles. The van der Waals surface area contributed by atoms with Gasteiger partial charge in [-0.1, -0.05) is 12.1 Å². The molecule has 5 nitrogen and oxygen atoms in total. The molecule has 1 aromatic rings. The van der Waals surface area contributed by atoms with Crippen LogP contribution in [0, 0.1) is 0 Å². The zero-order chi connectivity index (χ0) is 14.6. The number of sulfone groups is 1. The topological polar surface area (TPSA) is 69.6 Å². The normalized spacial score (nSPS) is 18.9. The molecule has 0 aliphatic carbocycles. The molecule has 20 heavy (non-hydrogen) atoms. The van der Waals surface area contributed by atoms with Crippen LogP contribution in [0.15, 0.2) is 29.2 Å². The minimum atomic E-state index is -3.17. The molecule has 1 atom stereocenters. The van der Waals surface area contributed by atoms with Crippen molar-refractivity contribution >= 4 is 9.84 Å². The second kappa shape index (κ2) is 6.67. The first-order valence-electron chi connectivity index (χ1n) is 6.88. The minimum absolute atomic E-state index is 0.288. The Kier molecular flexibility index (Phi) is 5.15. The van der Waals surface area contributed by atoms with E-state index in [1.165, 1.54) is 6.26 Å². The predicted octanol–water partition coefficient (Wildman–Crippen LogP) is 0.419. The summed E-state index contributed by atoms with van der Waals surface area (Å²) in [5, 5.41) is 13.4. The minimum Gasteiger partial charge on any atom is -0.388 e. The van der Waals surface area contributed by atoms with Crippen molar-refractivity contribution in [2.75, 3.05) is 39.0 Å². The number of aliphatic hydroxyl groups is 1. The van der Waals surface area contributed by atoms with E-state index < -0.39 is 15.9 Å². The molecule has 0 amide bonds. The highest BCUT2D eigenvalue weighted by Crippen LogP contribution is 2.19. The molecule has 1 fully saturated rings. The third-order valence-corrected chi connectivity index (χ3v) is 4.75. The zero-order valence-electron chi connectivity index (χ0n) is 11.7. The second-order valence-electron chi connectivity index (χ2n) is 5.24. The van der Waals surface area contributed by atoms with Gasteiger partial charge < -0.3 is 15.3 Å². The fourth-order valence-electron chi connectivity index (χ4n) is 2.34. The van der Waals surface area contributed by atoms with E-state index in [1.807, 2.05) is 0 Å². The molecule has 0 radical (unpaired) electrons. The van der Waals surface area contributed by atoms with E-state index in [-0.39, 0.29) is 4.90 Å². The van der Waals surface area contributed by atoms with Crippen LogP contribution in [0.5, 0.6) is 0 Å². The lowest BCUT2D eigenvalue weighted by atomic mass is 10.1.